The molecule has 2 aromatic carbocycles. The van der Waals surface area contributed by atoms with Crippen molar-refractivity contribution >= 4 is 17.4 Å². The molecule has 0 radical (unpaired) electrons. The SMILES string of the molecule is O=C1c2ccccc2OC[C@@H]1c1ccc(Cl)cc1. The Bertz CT molecular complexity index is 590. The van der Waals surface area contributed by atoms with Gasteiger partial charge in [0.15, 0.2) is 5.78 Å². The van der Waals surface area contributed by atoms with Gasteiger partial charge in [0.1, 0.15) is 12.4 Å². The highest BCUT2D eigenvalue weighted by molar-refractivity contribution is 6.30. The van der Waals surface area contributed by atoms with Gasteiger partial charge >= 0.3 is 0 Å². The van der Waals surface area contributed by atoms with Crippen molar-refractivity contribution in [3.8, 4) is 5.75 Å². The van der Waals surface area contributed by atoms with Crippen LogP contribution in [0.5, 0.6) is 5.75 Å². The molecular formula is C15H11ClO2. The maximum absolute atomic E-state index is 12.4. The van der Waals surface area contributed by atoms with E-state index < -0.39 is 0 Å². The van der Waals surface area contributed by atoms with Crippen molar-refractivity contribution in [2.75, 3.05) is 6.61 Å². The number of Topliss-reactive ketones (excluding diaryl/α,β-unsaturated/α-hetero) is 1. The van der Waals surface area contributed by atoms with Crippen LogP contribution in [0.15, 0.2) is 48.5 Å². The highest BCUT2D eigenvalue weighted by Gasteiger charge is 2.29. The Morgan fingerprint density at radius 2 is 1.78 bits per heavy atom. The van der Waals surface area contributed by atoms with Crippen molar-refractivity contribution in [3.63, 3.8) is 0 Å². The molecule has 0 saturated heterocycles. The van der Waals surface area contributed by atoms with Gasteiger partial charge in [0.2, 0.25) is 0 Å². The second-order valence-electron chi connectivity index (χ2n) is 4.28. The summed E-state index contributed by atoms with van der Waals surface area (Å²) in [4.78, 5) is 12.4. The Kier molecular flexibility index (Phi) is 2.80. The van der Waals surface area contributed by atoms with Crippen molar-refractivity contribution in [1.82, 2.24) is 0 Å². The number of hydrogen-bond donors (Lipinski definition) is 0. The number of para-hydroxylation sites is 1. The van der Waals surface area contributed by atoms with E-state index in [1.165, 1.54) is 0 Å². The molecule has 90 valence electrons. The minimum absolute atomic E-state index is 0.110. The van der Waals surface area contributed by atoms with Gasteiger partial charge in [-0.3, -0.25) is 4.79 Å². The number of ketones is 1. The molecule has 1 aliphatic heterocycles. The molecule has 0 unspecified atom stereocenters. The fourth-order valence-corrected chi connectivity index (χ4v) is 2.30. The van der Waals surface area contributed by atoms with Crippen LogP contribution >= 0.6 is 11.6 Å². The fourth-order valence-electron chi connectivity index (χ4n) is 2.18. The molecule has 18 heavy (non-hydrogen) atoms. The predicted molar refractivity (Wildman–Crippen MR) is 70.5 cm³/mol. The lowest BCUT2D eigenvalue weighted by Crippen LogP contribution is -2.25. The van der Waals surface area contributed by atoms with E-state index in [9.17, 15) is 4.79 Å². The zero-order valence-electron chi connectivity index (χ0n) is 9.60. The van der Waals surface area contributed by atoms with Gasteiger partial charge in [-0.05, 0) is 29.8 Å². The van der Waals surface area contributed by atoms with Crippen LogP contribution in [0.3, 0.4) is 0 Å². The Morgan fingerprint density at radius 1 is 1.06 bits per heavy atom. The summed E-state index contributed by atoms with van der Waals surface area (Å²) in [5.41, 5.74) is 1.60. The maximum atomic E-state index is 12.4. The van der Waals surface area contributed by atoms with Crippen LogP contribution in [0.25, 0.3) is 0 Å². The minimum atomic E-state index is -0.239. The molecule has 0 spiro atoms. The van der Waals surface area contributed by atoms with Gasteiger partial charge in [0.05, 0.1) is 11.5 Å². The van der Waals surface area contributed by atoms with E-state index in [-0.39, 0.29) is 11.7 Å². The van der Waals surface area contributed by atoms with Gasteiger partial charge in [-0.15, -0.1) is 0 Å². The molecule has 0 saturated carbocycles. The second kappa shape index (κ2) is 4.46. The molecule has 0 N–H and O–H groups in total. The van der Waals surface area contributed by atoms with Crippen molar-refractivity contribution in [1.29, 1.82) is 0 Å². The first-order valence-corrected chi connectivity index (χ1v) is 6.15. The maximum Gasteiger partial charge on any atom is 0.177 e. The first kappa shape index (κ1) is 11.3. The first-order chi connectivity index (χ1) is 8.75. The van der Waals surface area contributed by atoms with Crippen LogP contribution in [-0.2, 0) is 0 Å². The summed E-state index contributed by atoms with van der Waals surface area (Å²) >= 11 is 5.85. The number of carbonyl (C=O) groups is 1. The summed E-state index contributed by atoms with van der Waals surface area (Å²) in [6.45, 7) is 0.386. The summed E-state index contributed by atoms with van der Waals surface area (Å²) in [6, 6.07) is 14.7. The molecule has 3 rings (SSSR count). The number of rotatable bonds is 1. The molecule has 0 amide bonds. The van der Waals surface area contributed by atoms with Gasteiger partial charge in [-0.25, -0.2) is 0 Å². The third kappa shape index (κ3) is 1.89. The molecule has 0 aliphatic carbocycles. The number of benzene rings is 2. The third-order valence-corrected chi connectivity index (χ3v) is 3.40. The summed E-state index contributed by atoms with van der Waals surface area (Å²) < 4.78 is 5.64. The average molecular weight is 259 g/mol. The summed E-state index contributed by atoms with van der Waals surface area (Å²) in [5.74, 6) is 0.545. The molecule has 0 fully saturated rings. The van der Waals surface area contributed by atoms with Crippen LogP contribution in [-0.4, -0.2) is 12.4 Å². The minimum Gasteiger partial charge on any atom is -0.492 e. The smallest absolute Gasteiger partial charge is 0.177 e. The fraction of sp³-hybridized carbons (Fsp3) is 0.133. The van der Waals surface area contributed by atoms with Gasteiger partial charge in [0.25, 0.3) is 0 Å². The number of carbonyl (C=O) groups excluding carboxylic acids is 1. The number of halogens is 1. The topological polar surface area (TPSA) is 26.3 Å². The number of hydrogen-bond acceptors (Lipinski definition) is 2. The van der Waals surface area contributed by atoms with Crippen LogP contribution < -0.4 is 4.74 Å². The van der Waals surface area contributed by atoms with Gasteiger partial charge in [-0.1, -0.05) is 35.9 Å². The molecular weight excluding hydrogens is 248 g/mol. The van der Waals surface area contributed by atoms with E-state index in [4.69, 9.17) is 16.3 Å². The van der Waals surface area contributed by atoms with Crippen LogP contribution in [0.4, 0.5) is 0 Å². The van der Waals surface area contributed by atoms with Crippen LogP contribution in [0.2, 0.25) is 5.02 Å². The van der Waals surface area contributed by atoms with Gasteiger partial charge < -0.3 is 4.74 Å². The third-order valence-electron chi connectivity index (χ3n) is 3.15. The normalized spacial score (nSPS) is 18.1. The second-order valence-corrected chi connectivity index (χ2v) is 4.71. The van der Waals surface area contributed by atoms with E-state index in [2.05, 4.69) is 0 Å². The monoisotopic (exact) mass is 258 g/mol. The van der Waals surface area contributed by atoms with Gasteiger partial charge in [-0.2, -0.15) is 0 Å². The average Bonchev–Trinajstić information content (AvgIpc) is 2.41. The highest BCUT2D eigenvalue weighted by Crippen LogP contribution is 2.32. The van der Waals surface area contributed by atoms with Crippen molar-refractivity contribution in [2.45, 2.75) is 5.92 Å². The molecule has 1 heterocycles. The largest absolute Gasteiger partial charge is 0.492 e. The Labute approximate surface area is 110 Å². The zero-order valence-corrected chi connectivity index (χ0v) is 10.4. The van der Waals surface area contributed by atoms with Gasteiger partial charge in [0, 0.05) is 5.02 Å². The van der Waals surface area contributed by atoms with Crippen LogP contribution in [0.1, 0.15) is 21.8 Å². The van der Waals surface area contributed by atoms with E-state index in [0.717, 1.165) is 5.56 Å². The predicted octanol–water partition coefficient (Wildman–Crippen LogP) is 3.70. The molecule has 3 heteroatoms. The quantitative estimate of drug-likeness (QED) is 0.780. The van der Waals surface area contributed by atoms with Crippen molar-refractivity contribution < 1.29 is 9.53 Å². The highest BCUT2D eigenvalue weighted by atomic mass is 35.5. The lowest BCUT2D eigenvalue weighted by molar-refractivity contribution is 0.0896. The number of fused-ring (bicyclic) bond motifs is 1. The van der Waals surface area contributed by atoms with Crippen LogP contribution in [0, 0.1) is 0 Å². The Balaban J connectivity index is 1.97. The zero-order chi connectivity index (χ0) is 12.5. The molecule has 2 nitrogen and oxygen atoms in total. The Morgan fingerprint density at radius 3 is 2.56 bits per heavy atom. The lowest BCUT2D eigenvalue weighted by Gasteiger charge is -2.24. The van der Waals surface area contributed by atoms with Crippen molar-refractivity contribution in [3.05, 3.63) is 64.7 Å². The number of ether oxygens (including phenoxy) is 1. The molecule has 0 aromatic heterocycles. The standard InChI is InChI=1S/C15H11ClO2/c16-11-7-5-10(6-8-11)13-9-18-14-4-2-1-3-12(14)15(13)17/h1-8,13H,9H2/t13-/m1/s1. The summed E-state index contributed by atoms with van der Waals surface area (Å²) in [6.07, 6.45) is 0. The lowest BCUT2D eigenvalue weighted by atomic mass is 9.89. The molecule has 0 bridgehead atoms. The van der Waals surface area contributed by atoms with E-state index in [1.807, 2.05) is 30.3 Å². The van der Waals surface area contributed by atoms with Crippen molar-refractivity contribution in [2.24, 2.45) is 0 Å². The summed E-state index contributed by atoms with van der Waals surface area (Å²) in [7, 11) is 0. The van der Waals surface area contributed by atoms with E-state index >= 15 is 0 Å². The summed E-state index contributed by atoms with van der Waals surface area (Å²) in [5, 5.41) is 0.670. The van der Waals surface area contributed by atoms with E-state index in [0.29, 0.717) is 22.9 Å². The Hall–Kier alpha value is -1.80. The molecule has 1 atom stereocenters. The molecule has 2 aromatic rings. The first-order valence-electron chi connectivity index (χ1n) is 5.77. The molecule has 1 aliphatic rings. The van der Waals surface area contributed by atoms with E-state index in [1.54, 1.807) is 18.2 Å².